The SMILES string of the molecule is C=S1NC(C(=O)OCC)=C(C(=O)O)S1. The minimum absolute atomic E-state index is 0.00248. The highest BCUT2D eigenvalue weighted by atomic mass is 33.1. The molecular formula is C7H9NO4S2. The summed E-state index contributed by atoms with van der Waals surface area (Å²) in [5, 5.41) is 8.77. The van der Waals surface area contributed by atoms with Crippen LogP contribution in [0.3, 0.4) is 0 Å². The lowest BCUT2D eigenvalue weighted by Gasteiger charge is -2.03. The van der Waals surface area contributed by atoms with Gasteiger partial charge >= 0.3 is 11.9 Å². The van der Waals surface area contributed by atoms with E-state index in [0.29, 0.717) is 0 Å². The molecule has 2 N–H and O–H groups in total. The predicted molar refractivity (Wildman–Crippen MR) is 56.7 cm³/mol. The first-order valence-corrected chi connectivity index (χ1v) is 6.42. The zero-order chi connectivity index (χ0) is 10.7. The fraction of sp³-hybridized carbons (Fsp3) is 0.286. The summed E-state index contributed by atoms with van der Waals surface area (Å²) in [7, 11) is 0.404. The van der Waals surface area contributed by atoms with Gasteiger partial charge in [0.2, 0.25) is 0 Å². The van der Waals surface area contributed by atoms with E-state index in [1.54, 1.807) is 6.92 Å². The number of hydrogen-bond acceptors (Lipinski definition) is 5. The maximum absolute atomic E-state index is 11.3. The fourth-order valence-corrected chi connectivity index (χ4v) is 3.26. The first-order chi connectivity index (χ1) is 6.56. The van der Waals surface area contributed by atoms with Gasteiger partial charge in [0.05, 0.1) is 6.61 Å². The number of nitrogens with one attached hydrogen (secondary N) is 1. The Morgan fingerprint density at radius 3 is 2.86 bits per heavy atom. The van der Waals surface area contributed by atoms with Crippen LogP contribution in [-0.4, -0.2) is 29.5 Å². The van der Waals surface area contributed by atoms with E-state index in [2.05, 4.69) is 10.6 Å². The summed E-state index contributed by atoms with van der Waals surface area (Å²) < 4.78 is 7.37. The Kier molecular flexibility index (Phi) is 3.59. The molecule has 1 rings (SSSR count). The van der Waals surface area contributed by atoms with Crippen LogP contribution in [-0.2, 0) is 14.3 Å². The molecule has 0 fully saturated rings. The van der Waals surface area contributed by atoms with Gasteiger partial charge in [0.15, 0.2) is 5.70 Å². The molecule has 0 aliphatic carbocycles. The Morgan fingerprint density at radius 2 is 2.36 bits per heavy atom. The quantitative estimate of drug-likeness (QED) is 0.426. The number of carboxylic acids is 1. The largest absolute Gasteiger partial charge is 0.477 e. The Labute approximate surface area is 87.0 Å². The second-order valence-corrected chi connectivity index (χ2v) is 5.44. The molecule has 1 aliphatic rings. The van der Waals surface area contributed by atoms with Crippen molar-refractivity contribution in [2.45, 2.75) is 6.92 Å². The molecule has 0 saturated heterocycles. The van der Waals surface area contributed by atoms with Crippen LogP contribution in [0.25, 0.3) is 0 Å². The van der Waals surface area contributed by atoms with E-state index < -0.39 is 21.6 Å². The Morgan fingerprint density at radius 1 is 1.71 bits per heavy atom. The minimum Gasteiger partial charge on any atom is -0.477 e. The van der Waals surface area contributed by atoms with Crippen molar-refractivity contribution in [1.29, 1.82) is 0 Å². The standard InChI is InChI=1S/C7H9NO4S2/c1-3-12-7(11)4-5(6(9)10)13-14(2)8-4/h8H,2-3H2,1H3,(H,9,10). The fourth-order valence-electron chi connectivity index (χ4n) is 0.803. The van der Waals surface area contributed by atoms with Crippen LogP contribution in [0.4, 0.5) is 0 Å². The van der Waals surface area contributed by atoms with Gasteiger partial charge in [0.25, 0.3) is 0 Å². The van der Waals surface area contributed by atoms with Gasteiger partial charge in [-0.2, -0.15) is 0 Å². The first kappa shape index (κ1) is 11.1. The summed E-state index contributed by atoms with van der Waals surface area (Å²) in [6.07, 6.45) is 0. The second kappa shape index (κ2) is 4.52. The third-order valence-corrected chi connectivity index (χ3v) is 3.83. The van der Waals surface area contributed by atoms with E-state index in [1.807, 2.05) is 0 Å². The highest BCUT2D eigenvalue weighted by Gasteiger charge is 2.29. The summed E-state index contributed by atoms with van der Waals surface area (Å²) in [5.41, 5.74) is 0.00248. The zero-order valence-corrected chi connectivity index (χ0v) is 9.04. The first-order valence-electron chi connectivity index (χ1n) is 3.70. The predicted octanol–water partition coefficient (Wildman–Crippen LogP) is 0.713. The molecule has 0 aromatic carbocycles. The molecule has 14 heavy (non-hydrogen) atoms. The van der Waals surface area contributed by atoms with Crippen molar-refractivity contribution < 1.29 is 19.4 Å². The number of rotatable bonds is 3. The van der Waals surface area contributed by atoms with Crippen LogP contribution in [0.5, 0.6) is 0 Å². The Balaban J connectivity index is 2.92. The average Bonchev–Trinajstić information content (AvgIpc) is 2.48. The molecule has 0 amide bonds. The Hall–Kier alpha value is -0.950. The molecule has 0 bridgehead atoms. The molecule has 1 aliphatic heterocycles. The monoisotopic (exact) mass is 235 g/mol. The lowest BCUT2D eigenvalue weighted by atomic mass is 10.4. The number of carbonyl (C=O) groups is 2. The summed E-state index contributed by atoms with van der Waals surface area (Å²) in [6, 6.07) is 0. The molecule has 78 valence electrons. The zero-order valence-electron chi connectivity index (χ0n) is 7.40. The number of hydrogen-bond donors (Lipinski definition) is 2. The molecule has 5 nitrogen and oxygen atoms in total. The second-order valence-electron chi connectivity index (χ2n) is 2.26. The van der Waals surface area contributed by atoms with Gasteiger partial charge in [-0.1, -0.05) is 0 Å². The molecule has 1 atom stereocenters. The van der Waals surface area contributed by atoms with E-state index >= 15 is 0 Å². The topological polar surface area (TPSA) is 75.6 Å². The van der Waals surface area contributed by atoms with Gasteiger partial charge in [-0.25, -0.2) is 9.59 Å². The summed E-state index contributed by atoms with van der Waals surface area (Å²) in [4.78, 5) is 22.0. The lowest BCUT2D eigenvalue weighted by molar-refractivity contribution is -0.139. The number of carbonyl (C=O) groups excluding carboxylic acids is 1. The van der Waals surface area contributed by atoms with E-state index in [-0.39, 0.29) is 17.2 Å². The highest BCUT2D eigenvalue weighted by molar-refractivity contribution is 8.84. The summed E-state index contributed by atoms with van der Waals surface area (Å²) in [6.45, 7) is 1.87. The van der Waals surface area contributed by atoms with E-state index in [1.165, 1.54) is 0 Å². The smallest absolute Gasteiger partial charge is 0.356 e. The number of carboxylic acid groups (broad SMARTS) is 1. The highest BCUT2D eigenvalue weighted by Crippen LogP contribution is 2.41. The summed E-state index contributed by atoms with van der Waals surface area (Å²) in [5.74, 6) is 1.85. The van der Waals surface area contributed by atoms with Crippen molar-refractivity contribution in [2.75, 3.05) is 6.61 Å². The van der Waals surface area contributed by atoms with Crippen LogP contribution in [0.15, 0.2) is 10.6 Å². The van der Waals surface area contributed by atoms with Gasteiger partial charge < -0.3 is 14.6 Å². The molecule has 0 spiro atoms. The van der Waals surface area contributed by atoms with E-state index in [4.69, 9.17) is 9.84 Å². The van der Waals surface area contributed by atoms with Gasteiger partial charge in [-0.3, -0.25) is 0 Å². The van der Waals surface area contributed by atoms with Crippen molar-refractivity contribution in [3.05, 3.63) is 10.6 Å². The maximum atomic E-state index is 11.3. The van der Waals surface area contributed by atoms with Gasteiger partial charge in [0, 0.05) is 0 Å². The van der Waals surface area contributed by atoms with Crippen LogP contribution in [0.1, 0.15) is 6.92 Å². The van der Waals surface area contributed by atoms with Crippen LogP contribution in [0.2, 0.25) is 0 Å². The number of aliphatic carboxylic acids is 1. The summed E-state index contributed by atoms with van der Waals surface area (Å²) >= 11 is 0. The molecular weight excluding hydrogens is 226 g/mol. The van der Waals surface area contributed by atoms with E-state index in [9.17, 15) is 9.59 Å². The number of esters is 1. The van der Waals surface area contributed by atoms with Crippen LogP contribution in [0, 0.1) is 0 Å². The van der Waals surface area contributed by atoms with Crippen molar-refractivity contribution >= 4 is 38.3 Å². The molecule has 0 radical (unpaired) electrons. The third-order valence-electron chi connectivity index (χ3n) is 1.30. The van der Waals surface area contributed by atoms with Crippen molar-refractivity contribution in [2.24, 2.45) is 0 Å². The van der Waals surface area contributed by atoms with Gasteiger partial charge in [-0.15, -0.1) is 0 Å². The van der Waals surface area contributed by atoms with Gasteiger partial charge in [-0.05, 0) is 33.3 Å². The molecule has 1 heterocycles. The van der Waals surface area contributed by atoms with Crippen molar-refractivity contribution in [3.8, 4) is 0 Å². The third kappa shape index (κ3) is 2.30. The van der Waals surface area contributed by atoms with Crippen LogP contribution >= 0.6 is 20.5 Å². The minimum atomic E-state index is -1.13. The molecule has 1 unspecified atom stereocenters. The molecule has 0 saturated carbocycles. The van der Waals surface area contributed by atoms with Crippen LogP contribution < -0.4 is 4.72 Å². The van der Waals surface area contributed by atoms with Crippen molar-refractivity contribution in [1.82, 2.24) is 4.72 Å². The molecule has 0 aromatic rings. The maximum Gasteiger partial charge on any atom is 0.356 e. The number of ether oxygens (including phenoxy) is 1. The van der Waals surface area contributed by atoms with Gasteiger partial charge in [0.1, 0.15) is 4.91 Å². The average molecular weight is 235 g/mol. The van der Waals surface area contributed by atoms with Crippen molar-refractivity contribution in [3.63, 3.8) is 0 Å². The lowest BCUT2D eigenvalue weighted by Crippen LogP contribution is -2.17. The van der Waals surface area contributed by atoms with E-state index in [0.717, 1.165) is 10.8 Å². The molecule has 0 aromatic heterocycles. The Bertz CT molecular complexity index is 337. The normalized spacial score (nSPS) is 20.5. The molecule has 7 heteroatoms.